The van der Waals surface area contributed by atoms with Crippen molar-refractivity contribution in [3.63, 3.8) is 0 Å². The fourth-order valence-electron chi connectivity index (χ4n) is 1.98. The van der Waals surface area contributed by atoms with Gasteiger partial charge in [0.1, 0.15) is 5.76 Å². The van der Waals surface area contributed by atoms with Gasteiger partial charge in [-0.1, -0.05) is 46.9 Å². The summed E-state index contributed by atoms with van der Waals surface area (Å²) in [5.74, 6) is 0.373. The highest BCUT2D eigenvalue weighted by atomic mass is 35.5. The molecule has 0 saturated heterocycles. The van der Waals surface area contributed by atoms with Gasteiger partial charge < -0.3 is 4.42 Å². The molecule has 0 saturated carbocycles. The van der Waals surface area contributed by atoms with Gasteiger partial charge in [-0.25, -0.2) is 0 Å². The highest BCUT2D eigenvalue weighted by molar-refractivity contribution is 6.38. The highest BCUT2D eigenvalue weighted by Gasteiger charge is 2.12. The molecule has 0 fully saturated rings. The minimum atomic E-state index is -0.217. The number of hydrogen-bond donors (Lipinski definition) is 0. The highest BCUT2D eigenvalue weighted by Crippen LogP contribution is 2.32. The Bertz CT molecular complexity index is 869. The van der Waals surface area contributed by atoms with Crippen LogP contribution in [0.2, 0.25) is 15.1 Å². The van der Waals surface area contributed by atoms with Gasteiger partial charge >= 0.3 is 0 Å². The van der Waals surface area contributed by atoms with Crippen LogP contribution in [0.1, 0.15) is 0 Å². The van der Waals surface area contributed by atoms with Crippen LogP contribution in [0, 0.1) is 0 Å². The van der Waals surface area contributed by atoms with E-state index in [0.29, 0.717) is 37.4 Å². The molecule has 0 atom stereocenters. The third-order valence-corrected chi connectivity index (χ3v) is 3.72. The summed E-state index contributed by atoms with van der Waals surface area (Å²) in [5.41, 5.74) is 0.725. The molecule has 3 aromatic rings. The first-order chi connectivity index (χ1) is 9.56. The Labute approximate surface area is 129 Å². The molecule has 1 aromatic heterocycles. The third-order valence-electron chi connectivity index (χ3n) is 2.89. The van der Waals surface area contributed by atoms with Crippen LogP contribution in [-0.4, -0.2) is 0 Å². The molecule has 5 heteroatoms. The molecule has 0 unspecified atom stereocenters. The van der Waals surface area contributed by atoms with Crippen LogP contribution in [0.4, 0.5) is 0 Å². The number of halogens is 3. The summed E-state index contributed by atoms with van der Waals surface area (Å²) in [7, 11) is 0. The quantitative estimate of drug-likeness (QED) is 0.598. The zero-order valence-corrected chi connectivity index (χ0v) is 12.3. The molecule has 0 spiro atoms. The van der Waals surface area contributed by atoms with Crippen LogP contribution >= 0.6 is 34.8 Å². The lowest BCUT2D eigenvalue weighted by atomic mass is 10.1. The lowest BCUT2D eigenvalue weighted by Gasteiger charge is -2.06. The smallest absolute Gasteiger partial charge is 0.193 e. The van der Waals surface area contributed by atoms with Gasteiger partial charge in [0.05, 0.1) is 15.4 Å². The third kappa shape index (κ3) is 2.31. The first-order valence-corrected chi connectivity index (χ1v) is 6.87. The van der Waals surface area contributed by atoms with E-state index in [4.69, 9.17) is 39.2 Å². The molecular formula is C15H7Cl3O2. The minimum absolute atomic E-state index is 0.217. The Balaban J connectivity index is 2.36. The Morgan fingerprint density at radius 2 is 1.65 bits per heavy atom. The molecule has 20 heavy (non-hydrogen) atoms. The molecule has 0 aliphatic carbocycles. The monoisotopic (exact) mass is 324 g/mol. The molecule has 0 aliphatic rings. The average molecular weight is 326 g/mol. The van der Waals surface area contributed by atoms with Crippen molar-refractivity contribution in [3.05, 3.63) is 67.8 Å². The summed E-state index contributed by atoms with van der Waals surface area (Å²) < 4.78 is 5.72. The molecule has 100 valence electrons. The number of rotatable bonds is 1. The second-order valence-electron chi connectivity index (χ2n) is 4.22. The number of fused-ring (bicyclic) bond motifs is 1. The SMILES string of the molecule is O=c1cc(-c2ccccc2Cl)oc2c(Cl)cc(Cl)cc12. The van der Waals surface area contributed by atoms with E-state index in [9.17, 15) is 4.79 Å². The Kier molecular flexibility index (Phi) is 3.47. The fourth-order valence-corrected chi connectivity index (χ4v) is 2.74. The first kappa shape index (κ1) is 13.5. The fraction of sp³-hybridized carbons (Fsp3) is 0. The van der Waals surface area contributed by atoms with Gasteiger partial charge in [0, 0.05) is 16.7 Å². The van der Waals surface area contributed by atoms with Crippen LogP contribution in [0.5, 0.6) is 0 Å². The van der Waals surface area contributed by atoms with Crippen LogP contribution in [0.15, 0.2) is 51.7 Å². The van der Waals surface area contributed by atoms with E-state index < -0.39 is 0 Å². The van der Waals surface area contributed by atoms with Crippen molar-refractivity contribution >= 4 is 45.8 Å². The number of benzene rings is 2. The molecule has 2 aromatic carbocycles. The van der Waals surface area contributed by atoms with Gasteiger partial charge in [0.15, 0.2) is 11.0 Å². The second kappa shape index (κ2) is 5.13. The molecular weight excluding hydrogens is 319 g/mol. The molecule has 0 aliphatic heterocycles. The maximum absolute atomic E-state index is 12.2. The molecule has 0 bridgehead atoms. The minimum Gasteiger partial charge on any atom is -0.454 e. The zero-order valence-electron chi connectivity index (χ0n) is 9.99. The summed E-state index contributed by atoms with van der Waals surface area (Å²) in [5, 5.41) is 1.53. The molecule has 3 rings (SSSR count). The van der Waals surface area contributed by atoms with Gasteiger partial charge in [-0.15, -0.1) is 0 Å². The van der Waals surface area contributed by atoms with E-state index in [0.717, 1.165) is 0 Å². The molecule has 0 radical (unpaired) electrons. The average Bonchev–Trinajstić information content (AvgIpc) is 2.40. The predicted octanol–water partition coefficient (Wildman–Crippen LogP) is 5.42. The maximum atomic E-state index is 12.2. The summed E-state index contributed by atoms with van der Waals surface area (Å²) in [6, 6.07) is 11.6. The van der Waals surface area contributed by atoms with Crippen molar-refractivity contribution in [2.75, 3.05) is 0 Å². The van der Waals surface area contributed by atoms with Crippen molar-refractivity contribution < 1.29 is 4.42 Å². The van der Waals surface area contributed by atoms with Crippen LogP contribution in [0.3, 0.4) is 0 Å². The zero-order chi connectivity index (χ0) is 14.3. The Morgan fingerprint density at radius 3 is 2.40 bits per heavy atom. The van der Waals surface area contributed by atoms with Crippen molar-refractivity contribution in [1.29, 1.82) is 0 Å². The predicted molar refractivity (Wildman–Crippen MR) is 83.0 cm³/mol. The second-order valence-corrected chi connectivity index (χ2v) is 5.47. The van der Waals surface area contributed by atoms with Crippen LogP contribution < -0.4 is 5.43 Å². The molecule has 0 N–H and O–H groups in total. The molecule has 1 heterocycles. The van der Waals surface area contributed by atoms with E-state index >= 15 is 0 Å². The van der Waals surface area contributed by atoms with Crippen molar-refractivity contribution in [2.45, 2.75) is 0 Å². The summed E-state index contributed by atoms with van der Waals surface area (Å²) in [6.07, 6.45) is 0. The standard InChI is InChI=1S/C15H7Cl3O2/c16-8-5-10-13(19)7-14(20-15(10)12(18)6-8)9-3-1-2-4-11(9)17/h1-7H. The number of hydrogen-bond acceptors (Lipinski definition) is 2. The molecule has 0 amide bonds. The van der Waals surface area contributed by atoms with E-state index in [2.05, 4.69) is 0 Å². The van der Waals surface area contributed by atoms with Crippen LogP contribution in [0.25, 0.3) is 22.3 Å². The summed E-state index contributed by atoms with van der Waals surface area (Å²) in [4.78, 5) is 12.2. The summed E-state index contributed by atoms with van der Waals surface area (Å²) in [6.45, 7) is 0. The van der Waals surface area contributed by atoms with E-state index in [1.807, 2.05) is 6.07 Å². The first-order valence-electron chi connectivity index (χ1n) is 5.74. The Hall–Kier alpha value is -1.48. The topological polar surface area (TPSA) is 30.2 Å². The maximum Gasteiger partial charge on any atom is 0.193 e. The van der Waals surface area contributed by atoms with Gasteiger partial charge in [-0.05, 0) is 24.3 Å². The van der Waals surface area contributed by atoms with Crippen LogP contribution in [-0.2, 0) is 0 Å². The van der Waals surface area contributed by atoms with Crippen molar-refractivity contribution in [2.24, 2.45) is 0 Å². The summed E-state index contributed by atoms with van der Waals surface area (Å²) >= 11 is 18.1. The van der Waals surface area contributed by atoms with Crippen molar-refractivity contribution in [1.82, 2.24) is 0 Å². The van der Waals surface area contributed by atoms with Crippen molar-refractivity contribution in [3.8, 4) is 11.3 Å². The van der Waals surface area contributed by atoms with Gasteiger partial charge in [0.2, 0.25) is 0 Å². The largest absolute Gasteiger partial charge is 0.454 e. The Morgan fingerprint density at radius 1 is 0.900 bits per heavy atom. The van der Waals surface area contributed by atoms with E-state index in [1.165, 1.54) is 18.2 Å². The van der Waals surface area contributed by atoms with Gasteiger partial charge in [-0.2, -0.15) is 0 Å². The lowest BCUT2D eigenvalue weighted by Crippen LogP contribution is -2.00. The van der Waals surface area contributed by atoms with E-state index in [-0.39, 0.29) is 5.43 Å². The van der Waals surface area contributed by atoms with E-state index in [1.54, 1.807) is 18.2 Å². The van der Waals surface area contributed by atoms with Gasteiger partial charge in [0.25, 0.3) is 0 Å². The lowest BCUT2D eigenvalue weighted by molar-refractivity contribution is 0.619. The normalized spacial score (nSPS) is 10.9. The van der Waals surface area contributed by atoms with Gasteiger partial charge in [-0.3, -0.25) is 4.79 Å². The molecule has 2 nitrogen and oxygen atoms in total.